The summed E-state index contributed by atoms with van der Waals surface area (Å²) in [7, 11) is 0. The van der Waals surface area contributed by atoms with E-state index in [1.165, 1.54) is 0 Å². The van der Waals surface area contributed by atoms with Crippen LogP contribution in [-0.2, 0) is 4.74 Å². The molecule has 1 aliphatic heterocycles. The van der Waals surface area contributed by atoms with E-state index in [1.807, 2.05) is 13.8 Å². The Labute approximate surface area is 103 Å². The van der Waals surface area contributed by atoms with Gasteiger partial charge < -0.3 is 14.1 Å². The number of hydrogen-bond donors (Lipinski definition) is 0. The third kappa shape index (κ3) is 2.15. The summed E-state index contributed by atoms with van der Waals surface area (Å²) in [6.45, 7) is 5.16. The first kappa shape index (κ1) is 11.7. The first-order valence-corrected chi connectivity index (χ1v) is 6.07. The van der Waals surface area contributed by atoms with Crippen LogP contribution in [-0.4, -0.2) is 36.1 Å². The van der Waals surface area contributed by atoms with E-state index < -0.39 is 0 Å². The average molecular weight is 288 g/mol. The molecule has 2 rings (SSSR count). The molecule has 0 bridgehead atoms. The molecule has 1 aromatic heterocycles. The van der Waals surface area contributed by atoms with Crippen molar-refractivity contribution in [3.05, 3.63) is 22.6 Å². The highest BCUT2D eigenvalue weighted by Gasteiger charge is 2.30. The summed E-state index contributed by atoms with van der Waals surface area (Å²) >= 11 is 3.19. The average Bonchev–Trinajstić information content (AvgIpc) is 2.68. The fourth-order valence-electron chi connectivity index (χ4n) is 1.79. The Morgan fingerprint density at radius 1 is 1.50 bits per heavy atom. The maximum atomic E-state index is 12.1. The normalized spacial score (nSPS) is 25.8. The highest BCUT2D eigenvalue weighted by Crippen LogP contribution is 2.20. The van der Waals surface area contributed by atoms with Crippen LogP contribution < -0.4 is 0 Å². The van der Waals surface area contributed by atoms with Crippen molar-refractivity contribution in [1.82, 2.24) is 4.90 Å². The minimum Gasteiger partial charge on any atom is -0.444 e. The van der Waals surface area contributed by atoms with E-state index in [4.69, 9.17) is 9.15 Å². The second-order valence-corrected chi connectivity index (χ2v) is 4.70. The molecule has 4 nitrogen and oxygen atoms in total. The van der Waals surface area contributed by atoms with Gasteiger partial charge in [-0.2, -0.15) is 0 Å². The lowest BCUT2D eigenvalue weighted by Gasteiger charge is -2.37. The number of amides is 1. The van der Waals surface area contributed by atoms with Crippen LogP contribution >= 0.6 is 15.9 Å². The molecule has 0 N–H and O–H groups in total. The number of rotatable bonds is 1. The molecule has 1 saturated heterocycles. The monoisotopic (exact) mass is 287 g/mol. The van der Waals surface area contributed by atoms with E-state index in [2.05, 4.69) is 15.9 Å². The smallest absolute Gasteiger partial charge is 0.290 e. The van der Waals surface area contributed by atoms with Gasteiger partial charge in [0.1, 0.15) is 0 Å². The molecule has 2 unspecified atom stereocenters. The van der Waals surface area contributed by atoms with Gasteiger partial charge in [-0.3, -0.25) is 4.79 Å². The zero-order valence-corrected chi connectivity index (χ0v) is 10.9. The van der Waals surface area contributed by atoms with Crippen molar-refractivity contribution in [2.24, 2.45) is 0 Å². The highest BCUT2D eigenvalue weighted by molar-refractivity contribution is 9.10. The van der Waals surface area contributed by atoms with Gasteiger partial charge in [-0.25, -0.2) is 0 Å². The van der Waals surface area contributed by atoms with Crippen LogP contribution in [0.2, 0.25) is 0 Å². The molecule has 16 heavy (non-hydrogen) atoms. The lowest BCUT2D eigenvalue weighted by molar-refractivity contribution is -0.0449. The lowest BCUT2D eigenvalue weighted by atomic mass is 10.1. The number of furan rings is 1. The van der Waals surface area contributed by atoms with Crippen molar-refractivity contribution in [3.8, 4) is 0 Å². The fourth-order valence-corrected chi connectivity index (χ4v) is 2.10. The minimum absolute atomic E-state index is 0.0658. The summed E-state index contributed by atoms with van der Waals surface area (Å²) in [6.07, 6.45) is 0.0658. The second-order valence-electron chi connectivity index (χ2n) is 3.92. The topological polar surface area (TPSA) is 42.7 Å². The van der Waals surface area contributed by atoms with Crippen molar-refractivity contribution in [2.45, 2.75) is 26.0 Å². The molecular formula is C11H14BrNO3. The number of hydrogen-bond acceptors (Lipinski definition) is 3. The Balaban J connectivity index is 2.15. The summed E-state index contributed by atoms with van der Waals surface area (Å²) in [5.74, 6) is 0.293. The molecule has 1 aliphatic rings. The van der Waals surface area contributed by atoms with Crippen LogP contribution in [0.3, 0.4) is 0 Å². The molecule has 2 atom stereocenters. The van der Waals surface area contributed by atoms with Crippen molar-refractivity contribution in [3.63, 3.8) is 0 Å². The van der Waals surface area contributed by atoms with Gasteiger partial charge in [-0.15, -0.1) is 0 Å². The first-order chi connectivity index (χ1) is 7.59. The van der Waals surface area contributed by atoms with Crippen LogP contribution in [0.1, 0.15) is 24.4 Å². The predicted octanol–water partition coefficient (Wildman–Crippen LogP) is 2.29. The maximum Gasteiger partial charge on any atom is 0.290 e. The maximum absolute atomic E-state index is 12.1. The molecular weight excluding hydrogens is 274 g/mol. The van der Waals surface area contributed by atoms with Gasteiger partial charge in [-0.1, -0.05) is 0 Å². The van der Waals surface area contributed by atoms with Crippen LogP contribution in [0.4, 0.5) is 0 Å². The van der Waals surface area contributed by atoms with Crippen LogP contribution in [0.25, 0.3) is 0 Å². The van der Waals surface area contributed by atoms with Crippen LogP contribution in [0.15, 0.2) is 21.2 Å². The number of ether oxygens (including phenoxy) is 1. The zero-order valence-electron chi connectivity index (χ0n) is 9.27. The summed E-state index contributed by atoms with van der Waals surface area (Å²) in [5.41, 5.74) is 0. The van der Waals surface area contributed by atoms with E-state index in [1.54, 1.807) is 17.0 Å². The van der Waals surface area contributed by atoms with Crippen molar-refractivity contribution < 1.29 is 13.9 Å². The Morgan fingerprint density at radius 3 is 2.88 bits per heavy atom. The molecule has 1 amide bonds. The molecule has 0 spiro atoms. The predicted molar refractivity (Wildman–Crippen MR) is 62.3 cm³/mol. The van der Waals surface area contributed by atoms with E-state index in [0.717, 1.165) is 0 Å². The summed E-state index contributed by atoms with van der Waals surface area (Å²) in [6, 6.07) is 3.48. The molecule has 0 saturated carbocycles. The summed E-state index contributed by atoms with van der Waals surface area (Å²) in [4.78, 5) is 13.9. The first-order valence-electron chi connectivity index (χ1n) is 5.27. The van der Waals surface area contributed by atoms with Crippen LogP contribution in [0.5, 0.6) is 0 Å². The van der Waals surface area contributed by atoms with Crippen LogP contribution in [0, 0.1) is 0 Å². The molecule has 0 aliphatic carbocycles. The molecule has 0 aromatic carbocycles. The number of halogens is 1. The van der Waals surface area contributed by atoms with Gasteiger partial charge in [0, 0.05) is 6.54 Å². The third-order valence-electron chi connectivity index (χ3n) is 2.93. The number of carbonyl (C=O) groups excluding carboxylic acids is 1. The largest absolute Gasteiger partial charge is 0.444 e. The minimum atomic E-state index is -0.0756. The van der Waals surface area contributed by atoms with Gasteiger partial charge in [0.2, 0.25) is 0 Å². The van der Waals surface area contributed by atoms with Gasteiger partial charge in [0.05, 0.1) is 18.8 Å². The zero-order chi connectivity index (χ0) is 11.7. The SMILES string of the molecule is CC1OCCN(C(=O)c2ccc(Br)o2)C1C. The van der Waals surface area contributed by atoms with Gasteiger partial charge >= 0.3 is 0 Å². The van der Waals surface area contributed by atoms with Crippen molar-refractivity contribution in [1.29, 1.82) is 0 Å². The fraction of sp³-hybridized carbons (Fsp3) is 0.545. The molecule has 1 aromatic rings. The summed E-state index contributed by atoms with van der Waals surface area (Å²) < 4.78 is 11.3. The number of nitrogens with zero attached hydrogens (tertiary/aromatic N) is 1. The van der Waals surface area contributed by atoms with E-state index in [-0.39, 0.29) is 18.1 Å². The second kappa shape index (κ2) is 4.59. The lowest BCUT2D eigenvalue weighted by Crippen LogP contribution is -2.51. The molecule has 1 fully saturated rings. The molecule has 5 heteroatoms. The molecule has 0 radical (unpaired) electrons. The van der Waals surface area contributed by atoms with Crippen molar-refractivity contribution in [2.75, 3.05) is 13.2 Å². The third-order valence-corrected chi connectivity index (χ3v) is 3.35. The Hall–Kier alpha value is -0.810. The Morgan fingerprint density at radius 2 is 2.25 bits per heavy atom. The van der Waals surface area contributed by atoms with E-state index in [9.17, 15) is 4.79 Å². The van der Waals surface area contributed by atoms with Gasteiger partial charge in [0.25, 0.3) is 5.91 Å². The molecule has 2 heterocycles. The van der Waals surface area contributed by atoms with E-state index in [0.29, 0.717) is 23.6 Å². The Kier molecular flexibility index (Phi) is 3.35. The number of morpholine rings is 1. The van der Waals surface area contributed by atoms with Gasteiger partial charge in [0.15, 0.2) is 10.4 Å². The standard InChI is InChI=1S/C11H14BrNO3/c1-7-8(2)15-6-5-13(7)11(14)9-3-4-10(12)16-9/h3-4,7-8H,5-6H2,1-2H3. The number of carbonyl (C=O) groups is 1. The highest BCUT2D eigenvalue weighted by atomic mass is 79.9. The van der Waals surface area contributed by atoms with Gasteiger partial charge in [-0.05, 0) is 41.9 Å². The summed E-state index contributed by atoms with van der Waals surface area (Å²) in [5, 5.41) is 0. The Bertz CT molecular complexity index is 390. The van der Waals surface area contributed by atoms with Crippen molar-refractivity contribution >= 4 is 21.8 Å². The van der Waals surface area contributed by atoms with E-state index >= 15 is 0 Å². The quantitative estimate of drug-likeness (QED) is 0.796. The molecule has 88 valence electrons.